The Balaban J connectivity index is 2.27. The summed E-state index contributed by atoms with van der Waals surface area (Å²) in [6.07, 6.45) is 7.03. The lowest BCUT2D eigenvalue weighted by atomic mass is 9.96. The van der Waals surface area contributed by atoms with Crippen molar-refractivity contribution in [1.82, 2.24) is 0 Å². The van der Waals surface area contributed by atoms with E-state index in [1.807, 2.05) is 0 Å². The lowest BCUT2D eigenvalue weighted by Crippen LogP contribution is -2.00. The third-order valence-electron chi connectivity index (χ3n) is 2.61. The summed E-state index contributed by atoms with van der Waals surface area (Å²) >= 11 is 0. The van der Waals surface area contributed by atoms with Crippen molar-refractivity contribution in [2.24, 2.45) is 5.92 Å². The summed E-state index contributed by atoms with van der Waals surface area (Å²) in [7, 11) is 0. The Kier molecular flexibility index (Phi) is 1.82. The molecule has 0 aromatic carbocycles. The number of allylic oxidation sites excluding steroid dienone is 1. The quantitative estimate of drug-likeness (QED) is 0.515. The van der Waals surface area contributed by atoms with Crippen LogP contribution in [0, 0.1) is 5.92 Å². The molecular weight excluding hydrogens is 136 g/mol. The molecule has 1 unspecified atom stereocenters. The maximum absolute atomic E-state index is 5.39. The Morgan fingerprint density at radius 1 is 1.45 bits per heavy atom. The van der Waals surface area contributed by atoms with Gasteiger partial charge in [0.2, 0.25) is 0 Å². The van der Waals surface area contributed by atoms with Gasteiger partial charge in [-0.15, -0.1) is 0 Å². The van der Waals surface area contributed by atoms with E-state index in [1.165, 1.54) is 18.4 Å². The molecule has 60 valence electrons. The van der Waals surface area contributed by atoms with Gasteiger partial charge >= 0.3 is 0 Å². The average molecular weight is 150 g/mol. The average Bonchev–Trinajstić information content (AvgIpc) is 2.40. The summed E-state index contributed by atoms with van der Waals surface area (Å²) in [5, 5.41) is 0. The number of ether oxygens (including phenoxy) is 1. The molecule has 1 heteroatoms. The van der Waals surface area contributed by atoms with Crippen LogP contribution >= 0.6 is 0 Å². The SMILES string of the molecule is CC1CCC=CC2=C1COC2. The predicted octanol–water partition coefficient (Wildman–Crippen LogP) is 2.30. The minimum absolute atomic E-state index is 0.738. The van der Waals surface area contributed by atoms with E-state index in [0.717, 1.165) is 19.1 Å². The number of hydrogen-bond acceptors (Lipinski definition) is 1. The van der Waals surface area contributed by atoms with Gasteiger partial charge in [-0.25, -0.2) is 0 Å². The van der Waals surface area contributed by atoms with E-state index >= 15 is 0 Å². The van der Waals surface area contributed by atoms with Gasteiger partial charge in [0, 0.05) is 0 Å². The molecule has 0 fully saturated rings. The third-order valence-corrected chi connectivity index (χ3v) is 2.61. The van der Waals surface area contributed by atoms with E-state index in [2.05, 4.69) is 19.1 Å². The van der Waals surface area contributed by atoms with Crippen molar-refractivity contribution in [2.45, 2.75) is 19.8 Å². The Hall–Kier alpha value is -0.560. The zero-order valence-corrected chi connectivity index (χ0v) is 6.97. The van der Waals surface area contributed by atoms with Crippen molar-refractivity contribution in [1.29, 1.82) is 0 Å². The van der Waals surface area contributed by atoms with Gasteiger partial charge in [-0.2, -0.15) is 0 Å². The van der Waals surface area contributed by atoms with Crippen LogP contribution < -0.4 is 0 Å². The lowest BCUT2D eigenvalue weighted by Gasteiger charge is -2.09. The summed E-state index contributed by atoms with van der Waals surface area (Å²) in [4.78, 5) is 0. The van der Waals surface area contributed by atoms with Crippen molar-refractivity contribution < 1.29 is 4.74 Å². The van der Waals surface area contributed by atoms with Crippen molar-refractivity contribution in [2.75, 3.05) is 13.2 Å². The zero-order valence-electron chi connectivity index (χ0n) is 6.97. The molecule has 1 nitrogen and oxygen atoms in total. The van der Waals surface area contributed by atoms with Crippen LogP contribution in [0.1, 0.15) is 19.8 Å². The smallest absolute Gasteiger partial charge is 0.0721 e. The summed E-state index contributed by atoms with van der Waals surface area (Å²) in [5.74, 6) is 0.738. The van der Waals surface area contributed by atoms with Crippen LogP contribution in [0.15, 0.2) is 23.3 Å². The van der Waals surface area contributed by atoms with Gasteiger partial charge < -0.3 is 4.74 Å². The van der Waals surface area contributed by atoms with Gasteiger partial charge in [0.05, 0.1) is 13.2 Å². The molecule has 0 bridgehead atoms. The molecule has 0 aromatic heterocycles. The molecule has 0 aromatic rings. The van der Waals surface area contributed by atoms with Crippen LogP contribution in [0.3, 0.4) is 0 Å². The van der Waals surface area contributed by atoms with Crippen molar-refractivity contribution in [3.8, 4) is 0 Å². The number of hydrogen-bond donors (Lipinski definition) is 0. The molecule has 2 aliphatic rings. The van der Waals surface area contributed by atoms with Crippen LogP contribution in [0.2, 0.25) is 0 Å². The topological polar surface area (TPSA) is 9.23 Å². The molecule has 2 rings (SSSR count). The molecular formula is C10H14O. The van der Waals surface area contributed by atoms with Crippen LogP contribution in [0.5, 0.6) is 0 Å². The second-order valence-corrected chi connectivity index (χ2v) is 3.42. The van der Waals surface area contributed by atoms with Gasteiger partial charge in [-0.05, 0) is 29.9 Å². The third kappa shape index (κ3) is 1.25. The van der Waals surface area contributed by atoms with Crippen molar-refractivity contribution in [3.63, 3.8) is 0 Å². The van der Waals surface area contributed by atoms with Crippen LogP contribution in [0.4, 0.5) is 0 Å². The normalized spacial score (nSPS) is 30.5. The largest absolute Gasteiger partial charge is 0.372 e. The maximum Gasteiger partial charge on any atom is 0.0721 e. The standard InChI is InChI=1S/C10H14O/c1-8-4-2-3-5-9-6-11-7-10(8)9/h3,5,8H,2,4,6-7H2,1H3. The second-order valence-electron chi connectivity index (χ2n) is 3.42. The molecule has 1 aliphatic carbocycles. The first-order chi connectivity index (χ1) is 5.38. The van der Waals surface area contributed by atoms with E-state index in [-0.39, 0.29) is 0 Å². The van der Waals surface area contributed by atoms with Crippen LogP contribution in [-0.4, -0.2) is 13.2 Å². The van der Waals surface area contributed by atoms with Gasteiger partial charge in [0.25, 0.3) is 0 Å². The molecule has 1 atom stereocenters. The highest BCUT2D eigenvalue weighted by Crippen LogP contribution is 2.28. The highest BCUT2D eigenvalue weighted by Gasteiger charge is 2.19. The Labute approximate surface area is 67.7 Å². The van der Waals surface area contributed by atoms with Gasteiger partial charge in [0.15, 0.2) is 0 Å². The van der Waals surface area contributed by atoms with E-state index in [4.69, 9.17) is 4.74 Å². The molecule has 0 amide bonds. The summed E-state index contributed by atoms with van der Waals surface area (Å²) in [6, 6.07) is 0. The first-order valence-corrected chi connectivity index (χ1v) is 4.34. The molecule has 0 radical (unpaired) electrons. The fourth-order valence-corrected chi connectivity index (χ4v) is 1.82. The van der Waals surface area contributed by atoms with E-state index in [1.54, 1.807) is 5.57 Å². The molecule has 1 aliphatic heterocycles. The summed E-state index contributed by atoms with van der Waals surface area (Å²) in [5.41, 5.74) is 2.98. The van der Waals surface area contributed by atoms with Crippen molar-refractivity contribution >= 4 is 0 Å². The Morgan fingerprint density at radius 2 is 2.36 bits per heavy atom. The molecule has 11 heavy (non-hydrogen) atoms. The fourth-order valence-electron chi connectivity index (χ4n) is 1.82. The van der Waals surface area contributed by atoms with Crippen molar-refractivity contribution in [3.05, 3.63) is 23.3 Å². The highest BCUT2D eigenvalue weighted by atomic mass is 16.5. The second kappa shape index (κ2) is 2.82. The molecule has 0 N–H and O–H groups in total. The fraction of sp³-hybridized carbons (Fsp3) is 0.600. The monoisotopic (exact) mass is 150 g/mol. The minimum Gasteiger partial charge on any atom is -0.372 e. The summed E-state index contributed by atoms with van der Waals surface area (Å²) in [6.45, 7) is 4.02. The van der Waals surface area contributed by atoms with Gasteiger partial charge in [0.1, 0.15) is 0 Å². The van der Waals surface area contributed by atoms with Gasteiger partial charge in [-0.3, -0.25) is 0 Å². The van der Waals surface area contributed by atoms with Crippen LogP contribution in [0.25, 0.3) is 0 Å². The van der Waals surface area contributed by atoms with Gasteiger partial charge in [-0.1, -0.05) is 19.1 Å². The lowest BCUT2D eigenvalue weighted by molar-refractivity contribution is 0.200. The molecule has 0 saturated carbocycles. The summed E-state index contributed by atoms with van der Waals surface area (Å²) < 4.78 is 5.39. The molecule has 1 heterocycles. The Morgan fingerprint density at radius 3 is 3.27 bits per heavy atom. The van der Waals surface area contributed by atoms with Crippen LogP contribution in [-0.2, 0) is 4.74 Å². The minimum atomic E-state index is 0.738. The highest BCUT2D eigenvalue weighted by molar-refractivity contribution is 5.32. The maximum atomic E-state index is 5.39. The number of rotatable bonds is 0. The van der Waals surface area contributed by atoms with E-state index in [0.29, 0.717) is 0 Å². The Bertz CT molecular complexity index is 213. The zero-order chi connectivity index (χ0) is 7.68. The van der Waals surface area contributed by atoms with E-state index in [9.17, 15) is 0 Å². The first kappa shape index (κ1) is 7.11. The predicted molar refractivity (Wildman–Crippen MR) is 45.4 cm³/mol. The first-order valence-electron chi connectivity index (χ1n) is 4.34. The van der Waals surface area contributed by atoms with E-state index < -0.39 is 0 Å². The molecule has 0 spiro atoms. The molecule has 0 saturated heterocycles.